The van der Waals surface area contributed by atoms with Crippen molar-refractivity contribution in [2.45, 2.75) is 43.4 Å². The van der Waals surface area contributed by atoms with Gasteiger partial charge in [-0.25, -0.2) is 0 Å². The smallest absolute Gasteiger partial charge is 0.161 e. The lowest BCUT2D eigenvalue weighted by Gasteiger charge is -2.24. The molecule has 1 aromatic rings. The number of hydrogen-bond acceptors (Lipinski definition) is 5. The number of ether oxygens (including phenoxy) is 1. The van der Waals surface area contributed by atoms with E-state index in [-0.39, 0.29) is 6.04 Å². The molecule has 1 saturated carbocycles. The highest BCUT2D eigenvalue weighted by Gasteiger charge is 2.22. The molecule has 0 aromatic carbocycles. The van der Waals surface area contributed by atoms with E-state index in [1.807, 2.05) is 23.5 Å². The van der Waals surface area contributed by atoms with Crippen LogP contribution in [0.4, 0.5) is 0 Å². The summed E-state index contributed by atoms with van der Waals surface area (Å²) in [7, 11) is 3.59. The van der Waals surface area contributed by atoms with Crippen molar-refractivity contribution in [1.29, 1.82) is 0 Å². The first-order valence-corrected chi connectivity index (χ1v) is 7.94. The topological polar surface area (TPSA) is 65.1 Å². The summed E-state index contributed by atoms with van der Waals surface area (Å²) in [5, 5.41) is 5.02. The Morgan fingerprint density at radius 2 is 2.26 bits per heavy atom. The van der Waals surface area contributed by atoms with Gasteiger partial charge in [0, 0.05) is 18.1 Å². The number of aryl methyl sites for hydroxylation is 1. The SMILES string of the molecule is COc1cnn(C)c1C(CSC1CCCCC1)NN. The van der Waals surface area contributed by atoms with Gasteiger partial charge in [0.15, 0.2) is 5.75 Å². The quantitative estimate of drug-likeness (QED) is 0.618. The number of methoxy groups -OCH3 is 1. The van der Waals surface area contributed by atoms with Gasteiger partial charge < -0.3 is 4.74 Å². The molecule has 2 rings (SSSR count). The highest BCUT2D eigenvalue weighted by atomic mass is 32.2. The van der Waals surface area contributed by atoms with Gasteiger partial charge in [-0.05, 0) is 12.8 Å². The largest absolute Gasteiger partial charge is 0.493 e. The van der Waals surface area contributed by atoms with Crippen LogP contribution in [-0.4, -0.2) is 27.9 Å². The van der Waals surface area contributed by atoms with Crippen molar-refractivity contribution in [1.82, 2.24) is 15.2 Å². The minimum atomic E-state index is 0.0781. The Morgan fingerprint density at radius 3 is 2.89 bits per heavy atom. The van der Waals surface area contributed by atoms with Crippen LogP contribution in [0.3, 0.4) is 0 Å². The van der Waals surface area contributed by atoms with Crippen molar-refractivity contribution >= 4 is 11.8 Å². The molecule has 0 saturated heterocycles. The molecule has 0 bridgehead atoms. The number of hydrazine groups is 1. The Bertz CT molecular complexity index is 390. The van der Waals surface area contributed by atoms with Crippen LogP contribution >= 0.6 is 11.8 Å². The molecule has 0 spiro atoms. The number of nitrogens with one attached hydrogen (secondary N) is 1. The van der Waals surface area contributed by atoms with Gasteiger partial charge in [0.2, 0.25) is 0 Å². The monoisotopic (exact) mass is 284 g/mol. The Labute approximate surface area is 119 Å². The zero-order valence-corrected chi connectivity index (χ0v) is 12.6. The second kappa shape index (κ2) is 7.17. The van der Waals surface area contributed by atoms with Crippen LogP contribution in [-0.2, 0) is 7.05 Å². The third-order valence-corrected chi connectivity index (χ3v) is 5.22. The van der Waals surface area contributed by atoms with Crippen LogP contribution in [0.1, 0.15) is 43.8 Å². The zero-order chi connectivity index (χ0) is 13.7. The van der Waals surface area contributed by atoms with Crippen molar-refractivity contribution in [2.75, 3.05) is 12.9 Å². The number of nitrogens with zero attached hydrogens (tertiary/aromatic N) is 2. The standard InChI is InChI=1S/C13H24N4OS/c1-17-13(12(18-2)8-15-17)11(16-14)9-19-10-6-4-3-5-7-10/h8,10-11,16H,3-7,9,14H2,1-2H3. The molecule has 0 radical (unpaired) electrons. The van der Waals surface area contributed by atoms with E-state index in [2.05, 4.69) is 10.5 Å². The van der Waals surface area contributed by atoms with Crippen molar-refractivity contribution < 1.29 is 4.74 Å². The molecule has 3 N–H and O–H groups in total. The number of hydrogen-bond donors (Lipinski definition) is 2. The number of thioether (sulfide) groups is 1. The molecule has 0 amide bonds. The Kier molecular flexibility index (Phi) is 5.54. The molecule has 1 heterocycles. The number of aromatic nitrogens is 2. The molecule has 1 aliphatic rings. The van der Waals surface area contributed by atoms with Gasteiger partial charge >= 0.3 is 0 Å². The lowest BCUT2D eigenvalue weighted by Crippen LogP contribution is -2.32. The third kappa shape index (κ3) is 3.64. The van der Waals surface area contributed by atoms with Crippen LogP contribution in [0.15, 0.2) is 6.20 Å². The lowest BCUT2D eigenvalue weighted by molar-refractivity contribution is 0.399. The lowest BCUT2D eigenvalue weighted by atomic mass is 10.0. The summed E-state index contributed by atoms with van der Waals surface area (Å²) in [6.07, 6.45) is 8.55. The molecule has 6 heteroatoms. The predicted octanol–water partition coefficient (Wildman–Crippen LogP) is 2.00. The Hall–Kier alpha value is -0.720. The van der Waals surface area contributed by atoms with Crippen molar-refractivity contribution in [2.24, 2.45) is 12.9 Å². The maximum Gasteiger partial charge on any atom is 0.161 e. The van der Waals surface area contributed by atoms with Crippen LogP contribution in [0.2, 0.25) is 0 Å². The average molecular weight is 284 g/mol. The Morgan fingerprint density at radius 1 is 1.53 bits per heavy atom. The summed E-state index contributed by atoms with van der Waals surface area (Å²) in [6.45, 7) is 0. The average Bonchev–Trinajstić information content (AvgIpc) is 2.82. The fourth-order valence-corrected chi connectivity index (χ4v) is 4.04. The normalized spacial score (nSPS) is 18.5. The third-order valence-electron chi connectivity index (χ3n) is 3.75. The first-order valence-electron chi connectivity index (χ1n) is 6.90. The molecule has 0 aliphatic heterocycles. The van der Waals surface area contributed by atoms with E-state index in [1.54, 1.807) is 13.3 Å². The molecule has 1 aliphatic carbocycles. The molecular weight excluding hydrogens is 260 g/mol. The van der Waals surface area contributed by atoms with Gasteiger partial charge in [-0.1, -0.05) is 19.3 Å². The van der Waals surface area contributed by atoms with Crippen LogP contribution in [0, 0.1) is 0 Å². The molecule has 19 heavy (non-hydrogen) atoms. The van der Waals surface area contributed by atoms with E-state index in [9.17, 15) is 0 Å². The molecule has 1 atom stereocenters. The zero-order valence-electron chi connectivity index (χ0n) is 11.8. The summed E-state index contributed by atoms with van der Waals surface area (Å²) in [6, 6.07) is 0.0781. The molecule has 108 valence electrons. The molecule has 1 aromatic heterocycles. The van der Waals surface area contributed by atoms with Crippen LogP contribution in [0.25, 0.3) is 0 Å². The van der Waals surface area contributed by atoms with Gasteiger partial charge in [0.25, 0.3) is 0 Å². The maximum absolute atomic E-state index is 5.71. The maximum atomic E-state index is 5.71. The first kappa shape index (κ1) is 14.7. The molecule has 1 unspecified atom stereocenters. The van der Waals surface area contributed by atoms with Crippen LogP contribution < -0.4 is 16.0 Å². The van der Waals surface area contributed by atoms with Gasteiger partial charge in [-0.15, -0.1) is 0 Å². The molecule has 5 nitrogen and oxygen atoms in total. The fraction of sp³-hybridized carbons (Fsp3) is 0.769. The molecule has 1 fully saturated rings. The van der Waals surface area contributed by atoms with Gasteiger partial charge in [0.05, 0.1) is 25.0 Å². The fourth-order valence-electron chi connectivity index (χ4n) is 2.65. The van der Waals surface area contributed by atoms with Gasteiger partial charge in [0.1, 0.15) is 0 Å². The number of nitrogens with two attached hydrogens (primary N) is 1. The van der Waals surface area contributed by atoms with Gasteiger partial charge in [-0.3, -0.25) is 16.0 Å². The van der Waals surface area contributed by atoms with Crippen molar-refractivity contribution in [3.63, 3.8) is 0 Å². The van der Waals surface area contributed by atoms with E-state index >= 15 is 0 Å². The first-order chi connectivity index (χ1) is 9.26. The van der Waals surface area contributed by atoms with E-state index < -0.39 is 0 Å². The summed E-state index contributed by atoms with van der Waals surface area (Å²) in [4.78, 5) is 0. The summed E-state index contributed by atoms with van der Waals surface area (Å²) < 4.78 is 7.19. The van der Waals surface area contributed by atoms with E-state index in [1.165, 1.54) is 32.1 Å². The number of rotatable bonds is 6. The highest BCUT2D eigenvalue weighted by Crippen LogP contribution is 2.32. The highest BCUT2D eigenvalue weighted by molar-refractivity contribution is 7.99. The van der Waals surface area contributed by atoms with E-state index in [4.69, 9.17) is 10.6 Å². The molecular formula is C13H24N4OS. The minimum Gasteiger partial charge on any atom is -0.493 e. The van der Waals surface area contributed by atoms with E-state index in [0.29, 0.717) is 0 Å². The van der Waals surface area contributed by atoms with Gasteiger partial charge in [-0.2, -0.15) is 16.9 Å². The summed E-state index contributed by atoms with van der Waals surface area (Å²) in [5.74, 6) is 7.47. The summed E-state index contributed by atoms with van der Waals surface area (Å²) >= 11 is 2.02. The second-order valence-electron chi connectivity index (χ2n) is 5.03. The predicted molar refractivity (Wildman–Crippen MR) is 79.2 cm³/mol. The minimum absolute atomic E-state index is 0.0781. The van der Waals surface area contributed by atoms with Crippen LogP contribution in [0.5, 0.6) is 5.75 Å². The summed E-state index contributed by atoms with van der Waals surface area (Å²) in [5.41, 5.74) is 3.92. The second-order valence-corrected chi connectivity index (χ2v) is 6.37. The Balaban J connectivity index is 1.97. The van der Waals surface area contributed by atoms with E-state index in [0.717, 1.165) is 22.4 Å². The van der Waals surface area contributed by atoms with Crippen molar-refractivity contribution in [3.05, 3.63) is 11.9 Å². The van der Waals surface area contributed by atoms with Crippen molar-refractivity contribution in [3.8, 4) is 5.75 Å².